The molecule has 0 spiro atoms. The van der Waals surface area contributed by atoms with Crippen LogP contribution in [0.25, 0.3) is 0 Å². The van der Waals surface area contributed by atoms with Gasteiger partial charge in [-0.25, -0.2) is 22.0 Å². The van der Waals surface area contributed by atoms with E-state index in [2.05, 4.69) is 11.8 Å². The summed E-state index contributed by atoms with van der Waals surface area (Å²) in [5, 5.41) is 5.11. The van der Waals surface area contributed by atoms with Gasteiger partial charge in [0.05, 0.1) is 23.7 Å². The van der Waals surface area contributed by atoms with Crippen molar-refractivity contribution in [2.45, 2.75) is 30.1 Å². The van der Waals surface area contributed by atoms with Crippen molar-refractivity contribution in [2.75, 3.05) is 19.0 Å². The van der Waals surface area contributed by atoms with E-state index in [1.807, 2.05) is 13.8 Å². The first-order chi connectivity index (χ1) is 15.0. The first kappa shape index (κ1) is 25.5. The van der Waals surface area contributed by atoms with Crippen LogP contribution in [-0.4, -0.2) is 41.7 Å². The monoisotopic (exact) mass is 481 g/mol. The highest BCUT2D eigenvalue weighted by molar-refractivity contribution is 7.94. The van der Waals surface area contributed by atoms with E-state index in [0.29, 0.717) is 5.56 Å². The van der Waals surface area contributed by atoms with Crippen molar-refractivity contribution in [3.8, 4) is 17.6 Å². The van der Waals surface area contributed by atoms with Crippen molar-refractivity contribution in [3.05, 3.63) is 53.6 Å². The van der Waals surface area contributed by atoms with Crippen molar-refractivity contribution >= 4 is 25.6 Å². The Kier molecular flexibility index (Phi) is 8.55. The second kappa shape index (κ2) is 10.7. The molecule has 172 valence electrons. The number of alkyl halides is 1. The summed E-state index contributed by atoms with van der Waals surface area (Å²) in [6.07, 6.45) is 0.147. The molecule has 32 heavy (non-hydrogen) atoms. The van der Waals surface area contributed by atoms with Crippen molar-refractivity contribution in [3.63, 3.8) is 0 Å². The fourth-order valence-corrected chi connectivity index (χ4v) is 5.33. The maximum absolute atomic E-state index is 12.8. The molecule has 0 fully saturated rings. The van der Waals surface area contributed by atoms with Gasteiger partial charge in [0.2, 0.25) is 10.0 Å². The number of hydrogen-bond acceptors (Lipinski definition) is 6. The third-order valence-electron chi connectivity index (χ3n) is 4.15. The lowest BCUT2D eigenvalue weighted by Crippen LogP contribution is -2.21. The SMILES string of the molecule is CC(C)C#Cc1ccc(C(=O)CS(=O)(=O)c2ccccc2S(N)(=O)=O)cc1OCCCF. The molecule has 0 heterocycles. The topological polar surface area (TPSA) is 121 Å². The summed E-state index contributed by atoms with van der Waals surface area (Å²) in [7, 11) is -8.63. The summed E-state index contributed by atoms with van der Waals surface area (Å²) in [4.78, 5) is 11.6. The van der Waals surface area contributed by atoms with E-state index in [9.17, 15) is 26.0 Å². The van der Waals surface area contributed by atoms with Crippen LogP contribution in [0.2, 0.25) is 0 Å². The number of hydrogen-bond donors (Lipinski definition) is 1. The number of Topliss-reactive ketones (excluding diaryl/α,β-unsaturated/α-hetero) is 1. The van der Waals surface area contributed by atoms with Crippen LogP contribution in [0, 0.1) is 17.8 Å². The number of benzene rings is 2. The van der Waals surface area contributed by atoms with Gasteiger partial charge in [-0.1, -0.05) is 37.8 Å². The molecule has 2 rings (SSSR count). The Balaban J connectivity index is 2.39. The van der Waals surface area contributed by atoms with Gasteiger partial charge >= 0.3 is 0 Å². The maximum Gasteiger partial charge on any atom is 0.239 e. The predicted octanol–water partition coefficient (Wildman–Crippen LogP) is 2.74. The van der Waals surface area contributed by atoms with Gasteiger partial charge in [0.25, 0.3) is 0 Å². The highest BCUT2D eigenvalue weighted by atomic mass is 32.2. The summed E-state index contributed by atoms with van der Waals surface area (Å²) < 4.78 is 67.0. The molecule has 2 aromatic carbocycles. The Morgan fingerprint density at radius 3 is 2.34 bits per heavy atom. The fraction of sp³-hybridized carbons (Fsp3) is 0.318. The molecule has 0 aliphatic carbocycles. The minimum atomic E-state index is -4.31. The Bertz CT molecular complexity index is 1260. The summed E-state index contributed by atoms with van der Waals surface area (Å²) in [6, 6.07) is 9.10. The molecule has 0 atom stereocenters. The average molecular weight is 482 g/mol. The van der Waals surface area contributed by atoms with Crippen LogP contribution in [0.15, 0.2) is 52.3 Å². The smallest absolute Gasteiger partial charge is 0.239 e. The second-order valence-corrected chi connectivity index (χ2v) is 10.7. The number of halogens is 1. The second-order valence-electron chi connectivity index (χ2n) is 7.20. The van der Waals surface area contributed by atoms with Gasteiger partial charge in [-0.05, 0) is 30.3 Å². The van der Waals surface area contributed by atoms with E-state index < -0.39 is 47.9 Å². The maximum atomic E-state index is 12.8. The van der Waals surface area contributed by atoms with Crippen molar-refractivity contribution in [1.29, 1.82) is 0 Å². The molecule has 0 saturated carbocycles. The number of ketones is 1. The number of ether oxygens (including phenoxy) is 1. The average Bonchev–Trinajstić information content (AvgIpc) is 2.72. The van der Waals surface area contributed by atoms with Gasteiger partial charge in [0.1, 0.15) is 16.4 Å². The van der Waals surface area contributed by atoms with Crippen LogP contribution in [0.4, 0.5) is 4.39 Å². The summed E-state index contributed by atoms with van der Waals surface area (Å²) in [5.41, 5.74) is 0.517. The summed E-state index contributed by atoms with van der Waals surface area (Å²) >= 11 is 0. The van der Waals surface area contributed by atoms with E-state index in [0.717, 1.165) is 12.1 Å². The van der Waals surface area contributed by atoms with Crippen LogP contribution >= 0.6 is 0 Å². The predicted molar refractivity (Wildman–Crippen MR) is 118 cm³/mol. The first-order valence-corrected chi connectivity index (χ1v) is 12.9. The Morgan fingerprint density at radius 2 is 1.75 bits per heavy atom. The Morgan fingerprint density at radius 1 is 1.09 bits per heavy atom. The molecule has 0 aliphatic heterocycles. The largest absolute Gasteiger partial charge is 0.492 e. The number of nitrogens with two attached hydrogens (primary N) is 1. The van der Waals surface area contributed by atoms with Crippen molar-refractivity contribution in [2.24, 2.45) is 11.1 Å². The van der Waals surface area contributed by atoms with E-state index >= 15 is 0 Å². The highest BCUT2D eigenvalue weighted by Crippen LogP contribution is 2.24. The number of sulfone groups is 1. The molecular weight excluding hydrogens is 457 g/mol. The molecule has 0 aliphatic rings. The van der Waals surface area contributed by atoms with Crippen LogP contribution in [0.1, 0.15) is 36.2 Å². The molecule has 0 bridgehead atoms. The van der Waals surface area contributed by atoms with Gasteiger partial charge in [0, 0.05) is 17.9 Å². The number of rotatable bonds is 9. The number of sulfonamides is 1. The number of carbonyl (C=O) groups is 1. The van der Waals surface area contributed by atoms with Crippen LogP contribution < -0.4 is 9.88 Å². The van der Waals surface area contributed by atoms with Crippen LogP contribution in [-0.2, 0) is 19.9 Å². The van der Waals surface area contributed by atoms with E-state index in [1.165, 1.54) is 30.3 Å². The third kappa shape index (κ3) is 6.88. The van der Waals surface area contributed by atoms with Crippen molar-refractivity contribution < 1.29 is 30.8 Å². The molecule has 2 N–H and O–H groups in total. The fourth-order valence-electron chi connectivity index (χ4n) is 2.65. The lowest BCUT2D eigenvalue weighted by molar-refractivity contribution is 0.102. The third-order valence-corrected chi connectivity index (χ3v) is 6.91. The van der Waals surface area contributed by atoms with Crippen LogP contribution in [0.3, 0.4) is 0 Å². The van der Waals surface area contributed by atoms with Gasteiger partial charge in [-0.2, -0.15) is 0 Å². The standard InChI is InChI=1S/C22H24FNO6S2/c1-16(2)8-9-17-10-11-18(14-20(17)30-13-5-12-23)19(25)15-31(26,27)21-6-3-4-7-22(21)32(24,28)29/h3-4,6-7,10-11,14,16H,5,12-13,15H2,1-2H3,(H2,24,28,29). The quantitative estimate of drug-likeness (QED) is 0.334. The van der Waals surface area contributed by atoms with Crippen molar-refractivity contribution in [1.82, 2.24) is 0 Å². The van der Waals surface area contributed by atoms with Gasteiger partial charge in [-0.3, -0.25) is 9.18 Å². The number of primary sulfonamides is 1. The summed E-state index contributed by atoms with van der Waals surface area (Å²) in [6.45, 7) is 3.29. The van der Waals surface area contributed by atoms with Gasteiger partial charge < -0.3 is 4.74 Å². The van der Waals surface area contributed by atoms with Crippen LogP contribution in [0.5, 0.6) is 5.75 Å². The molecule has 0 saturated heterocycles. The zero-order valence-corrected chi connectivity index (χ0v) is 19.3. The number of carbonyl (C=O) groups excluding carboxylic acids is 1. The Labute approximate surface area is 187 Å². The molecule has 0 aromatic heterocycles. The van der Waals surface area contributed by atoms with Gasteiger partial charge in [-0.15, -0.1) is 0 Å². The molecule has 0 unspecified atom stereocenters. The van der Waals surface area contributed by atoms with E-state index in [1.54, 1.807) is 0 Å². The zero-order chi connectivity index (χ0) is 23.9. The molecule has 2 aromatic rings. The Hall–Kier alpha value is -2.74. The lowest BCUT2D eigenvalue weighted by Gasteiger charge is -2.11. The first-order valence-electron chi connectivity index (χ1n) is 9.68. The van der Waals surface area contributed by atoms with Gasteiger partial charge in [0.15, 0.2) is 15.6 Å². The minimum Gasteiger partial charge on any atom is -0.492 e. The molecule has 10 heteroatoms. The zero-order valence-electron chi connectivity index (χ0n) is 17.7. The normalized spacial score (nSPS) is 11.7. The molecule has 0 radical (unpaired) electrons. The lowest BCUT2D eigenvalue weighted by atomic mass is 10.1. The van der Waals surface area contributed by atoms with E-state index in [-0.39, 0.29) is 30.3 Å². The molecule has 0 amide bonds. The minimum absolute atomic E-state index is 0.0343. The highest BCUT2D eigenvalue weighted by Gasteiger charge is 2.27. The molecule has 7 nitrogen and oxygen atoms in total. The van der Waals surface area contributed by atoms with E-state index in [4.69, 9.17) is 9.88 Å². The summed E-state index contributed by atoms with van der Waals surface area (Å²) in [5.74, 6) is 4.47. The molecular formula is C22H24FNO6S2.